The van der Waals surface area contributed by atoms with E-state index < -0.39 is 11.6 Å². The molecule has 0 fully saturated rings. The summed E-state index contributed by atoms with van der Waals surface area (Å²) in [6.45, 7) is 2.60. The van der Waals surface area contributed by atoms with Crippen molar-refractivity contribution in [2.75, 3.05) is 25.5 Å². The summed E-state index contributed by atoms with van der Waals surface area (Å²) in [5, 5.41) is 3.22. The number of anilines is 1. The van der Waals surface area contributed by atoms with Gasteiger partial charge in [0.15, 0.2) is 11.6 Å². The Morgan fingerprint density at radius 2 is 1.81 bits per heavy atom. The molecule has 1 unspecified atom stereocenters. The molecule has 2 rings (SSSR count). The molecule has 0 bridgehead atoms. The van der Waals surface area contributed by atoms with E-state index in [2.05, 4.69) is 5.32 Å². The SMILES string of the molecule is CCNC(c1cccc(N(C)C)c1)c1cccc(F)c1F. The van der Waals surface area contributed by atoms with Crippen molar-refractivity contribution in [3.8, 4) is 0 Å². The van der Waals surface area contributed by atoms with Crippen LogP contribution in [0, 0.1) is 11.6 Å². The van der Waals surface area contributed by atoms with Gasteiger partial charge in [-0.2, -0.15) is 0 Å². The Bertz CT molecular complexity index is 611. The number of rotatable bonds is 5. The lowest BCUT2D eigenvalue weighted by Crippen LogP contribution is -2.23. The van der Waals surface area contributed by atoms with Crippen LogP contribution in [-0.4, -0.2) is 20.6 Å². The van der Waals surface area contributed by atoms with Crippen LogP contribution in [-0.2, 0) is 0 Å². The molecule has 1 N–H and O–H groups in total. The third-order valence-electron chi connectivity index (χ3n) is 3.42. The molecule has 0 aromatic heterocycles. The standard InChI is InChI=1S/C17H20F2N2/c1-4-20-17(14-9-6-10-15(18)16(14)19)12-7-5-8-13(11-12)21(2)3/h5-11,17,20H,4H2,1-3H3. The Morgan fingerprint density at radius 3 is 2.48 bits per heavy atom. The first-order chi connectivity index (χ1) is 10.0. The van der Waals surface area contributed by atoms with E-state index in [-0.39, 0.29) is 6.04 Å². The van der Waals surface area contributed by atoms with Gasteiger partial charge < -0.3 is 10.2 Å². The van der Waals surface area contributed by atoms with Gasteiger partial charge in [0, 0.05) is 25.3 Å². The second kappa shape index (κ2) is 6.68. The van der Waals surface area contributed by atoms with Gasteiger partial charge in [0.1, 0.15) is 0 Å². The van der Waals surface area contributed by atoms with E-state index >= 15 is 0 Å². The summed E-state index contributed by atoms with van der Waals surface area (Å²) in [5.41, 5.74) is 2.26. The Morgan fingerprint density at radius 1 is 1.10 bits per heavy atom. The van der Waals surface area contributed by atoms with Crippen molar-refractivity contribution < 1.29 is 8.78 Å². The maximum Gasteiger partial charge on any atom is 0.163 e. The van der Waals surface area contributed by atoms with Gasteiger partial charge in [-0.25, -0.2) is 8.78 Å². The van der Waals surface area contributed by atoms with Crippen LogP contribution in [0.25, 0.3) is 0 Å². The van der Waals surface area contributed by atoms with Crippen LogP contribution >= 0.6 is 0 Å². The summed E-state index contributed by atoms with van der Waals surface area (Å²) in [6, 6.07) is 11.7. The topological polar surface area (TPSA) is 15.3 Å². The molecule has 4 heteroatoms. The van der Waals surface area contributed by atoms with E-state index in [1.807, 2.05) is 50.2 Å². The molecule has 1 atom stereocenters. The second-order valence-electron chi connectivity index (χ2n) is 5.12. The number of nitrogens with one attached hydrogen (secondary N) is 1. The molecule has 0 aliphatic heterocycles. The first-order valence-electron chi connectivity index (χ1n) is 6.99. The molecule has 2 aromatic rings. The van der Waals surface area contributed by atoms with Crippen molar-refractivity contribution in [3.05, 3.63) is 65.2 Å². The minimum absolute atomic E-state index is 0.327. The molecule has 0 aliphatic carbocycles. The highest BCUT2D eigenvalue weighted by Crippen LogP contribution is 2.28. The van der Waals surface area contributed by atoms with Gasteiger partial charge >= 0.3 is 0 Å². The van der Waals surface area contributed by atoms with Crippen LogP contribution in [0.3, 0.4) is 0 Å². The number of halogens is 2. The summed E-state index contributed by atoms with van der Waals surface area (Å²) < 4.78 is 27.6. The first-order valence-corrected chi connectivity index (χ1v) is 6.99. The van der Waals surface area contributed by atoms with Crippen molar-refractivity contribution in [2.45, 2.75) is 13.0 Å². The fourth-order valence-corrected chi connectivity index (χ4v) is 2.34. The zero-order valence-corrected chi connectivity index (χ0v) is 12.5. The molecule has 2 nitrogen and oxygen atoms in total. The average molecular weight is 290 g/mol. The summed E-state index contributed by atoms with van der Waals surface area (Å²) >= 11 is 0. The normalized spacial score (nSPS) is 12.2. The van der Waals surface area contributed by atoms with Crippen LogP contribution in [0.2, 0.25) is 0 Å². The van der Waals surface area contributed by atoms with E-state index in [0.29, 0.717) is 12.1 Å². The largest absolute Gasteiger partial charge is 0.378 e. The molecular weight excluding hydrogens is 270 g/mol. The maximum atomic E-state index is 14.1. The van der Waals surface area contributed by atoms with E-state index in [0.717, 1.165) is 17.3 Å². The maximum absolute atomic E-state index is 14.1. The molecule has 0 saturated heterocycles. The van der Waals surface area contributed by atoms with Gasteiger partial charge in [0.25, 0.3) is 0 Å². The monoisotopic (exact) mass is 290 g/mol. The Kier molecular flexibility index (Phi) is 4.91. The van der Waals surface area contributed by atoms with Gasteiger partial charge in [-0.15, -0.1) is 0 Å². The molecule has 0 saturated carbocycles. The van der Waals surface area contributed by atoms with Crippen LogP contribution in [0.5, 0.6) is 0 Å². The molecular formula is C17H20F2N2. The van der Waals surface area contributed by atoms with Crippen LogP contribution in [0.4, 0.5) is 14.5 Å². The van der Waals surface area contributed by atoms with Crippen LogP contribution in [0.15, 0.2) is 42.5 Å². The molecule has 21 heavy (non-hydrogen) atoms. The van der Waals surface area contributed by atoms with Crippen molar-refractivity contribution in [1.82, 2.24) is 5.32 Å². The highest BCUT2D eigenvalue weighted by molar-refractivity contribution is 5.49. The predicted octanol–water partition coefficient (Wildman–Crippen LogP) is 3.73. The average Bonchev–Trinajstić information content (AvgIpc) is 2.48. The lowest BCUT2D eigenvalue weighted by atomic mass is 9.97. The summed E-state index contributed by atoms with van der Waals surface area (Å²) in [5.74, 6) is -1.61. The number of nitrogens with zero attached hydrogens (tertiary/aromatic N) is 1. The zero-order chi connectivity index (χ0) is 15.4. The summed E-state index contributed by atoms with van der Waals surface area (Å²) in [6.07, 6.45) is 0. The van der Waals surface area contributed by atoms with E-state index in [4.69, 9.17) is 0 Å². The third-order valence-corrected chi connectivity index (χ3v) is 3.42. The molecule has 0 spiro atoms. The molecule has 0 radical (unpaired) electrons. The first kappa shape index (κ1) is 15.4. The number of hydrogen-bond donors (Lipinski definition) is 1. The van der Waals surface area contributed by atoms with Gasteiger partial charge in [-0.05, 0) is 30.3 Å². The number of benzene rings is 2. The lowest BCUT2D eigenvalue weighted by molar-refractivity contribution is 0.483. The van der Waals surface area contributed by atoms with Crippen molar-refractivity contribution in [3.63, 3.8) is 0 Å². The smallest absolute Gasteiger partial charge is 0.163 e. The lowest BCUT2D eigenvalue weighted by Gasteiger charge is -2.22. The Labute approximate surface area is 124 Å². The predicted molar refractivity (Wildman–Crippen MR) is 82.6 cm³/mol. The minimum atomic E-state index is -0.820. The van der Waals surface area contributed by atoms with E-state index in [1.165, 1.54) is 6.07 Å². The molecule has 0 aliphatic rings. The fraction of sp³-hybridized carbons (Fsp3) is 0.294. The highest BCUT2D eigenvalue weighted by Gasteiger charge is 2.19. The van der Waals surface area contributed by atoms with Gasteiger partial charge in [-0.1, -0.05) is 31.2 Å². The van der Waals surface area contributed by atoms with Gasteiger partial charge in [0.2, 0.25) is 0 Å². The second-order valence-corrected chi connectivity index (χ2v) is 5.12. The van der Waals surface area contributed by atoms with Gasteiger partial charge in [0.05, 0.1) is 6.04 Å². The van der Waals surface area contributed by atoms with E-state index in [9.17, 15) is 8.78 Å². The van der Waals surface area contributed by atoms with Crippen molar-refractivity contribution in [1.29, 1.82) is 0 Å². The third kappa shape index (κ3) is 3.39. The molecule has 2 aromatic carbocycles. The van der Waals surface area contributed by atoms with Crippen molar-refractivity contribution in [2.24, 2.45) is 0 Å². The molecule has 0 heterocycles. The number of hydrogen-bond acceptors (Lipinski definition) is 2. The summed E-state index contributed by atoms with van der Waals surface area (Å²) in [4.78, 5) is 1.98. The Balaban J connectivity index is 2.48. The molecule has 112 valence electrons. The van der Waals surface area contributed by atoms with Gasteiger partial charge in [-0.3, -0.25) is 0 Å². The van der Waals surface area contributed by atoms with Crippen LogP contribution < -0.4 is 10.2 Å². The fourth-order valence-electron chi connectivity index (χ4n) is 2.34. The highest BCUT2D eigenvalue weighted by atomic mass is 19.2. The minimum Gasteiger partial charge on any atom is -0.378 e. The summed E-state index contributed by atoms with van der Waals surface area (Å²) in [7, 11) is 3.90. The zero-order valence-electron chi connectivity index (χ0n) is 12.5. The van der Waals surface area contributed by atoms with Crippen LogP contribution in [0.1, 0.15) is 24.1 Å². The quantitative estimate of drug-likeness (QED) is 0.902. The van der Waals surface area contributed by atoms with E-state index in [1.54, 1.807) is 6.07 Å². The Hall–Kier alpha value is -1.94. The molecule has 0 amide bonds. The van der Waals surface area contributed by atoms with Crippen molar-refractivity contribution >= 4 is 5.69 Å².